The number of nitrogens with zero attached hydrogens (tertiary/aromatic N) is 2. The molecule has 1 aromatic carbocycles. The van der Waals surface area contributed by atoms with E-state index in [2.05, 4.69) is 26.2 Å². The Bertz CT molecular complexity index is 638. The average Bonchev–Trinajstić information content (AvgIpc) is 2.77. The van der Waals surface area contributed by atoms with Crippen LogP contribution in [0, 0.1) is 0 Å². The summed E-state index contributed by atoms with van der Waals surface area (Å²) in [5.74, 6) is -0.238. The molecule has 1 fully saturated rings. The molecule has 124 valence electrons. The molecule has 0 unspecified atom stereocenters. The number of carbonyl (C=O) groups is 2. The molecule has 1 aliphatic heterocycles. The molecule has 1 aromatic rings. The van der Waals surface area contributed by atoms with Gasteiger partial charge in [0, 0.05) is 29.2 Å². The minimum absolute atomic E-state index is 0.0611. The van der Waals surface area contributed by atoms with Gasteiger partial charge in [0.2, 0.25) is 11.8 Å². The lowest BCUT2D eigenvalue weighted by molar-refractivity contribution is -0.131. The molecule has 0 aromatic heterocycles. The first kappa shape index (κ1) is 18.0. The van der Waals surface area contributed by atoms with Crippen LogP contribution in [0.3, 0.4) is 0 Å². The van der Waals surface area contributed by atoms with Crippen molar-refractivity contribution in [2.75, 3.05) is 12.4 Å². The highest BCUT2D eigenvalue weighted by molar-refractivity contribution is 9.10. The van der Waals surface area contributed by atoms with Crippen molar-refractivity contribution >= 4 is 50.4 Å². The second-order valence-corrected chi connectivity index (χ2v) is 8.30. The number of thioether (sulfide) groups is 1. The molecule has 0 saturated carbocycles. The second-order valence-electron chi connectivity index (χ2n) is 6.22. The van der Waals surface area contributed by atoms with Crippen LogP contribution in [0.25, 0.3) is 0 Å². The number of hydrogen-bond donors (Lipinski definition) is 1. The van der Waals surface area contributed by atoms with Crippen LogP contribution in [0.2, 0.25) is 0 Å². The van der Waals surface area contributed by atoms with Crippen LogP contribution in [0.4, 0.5) is 5.69 Å². The van der Waals surface area contributed by atoms with Gasteiger partial charge in [0.1, 0.15) is 5.25 Å². The summed E-state index contributed by atoms with van der Waals surface area (Å²) in [7, 11) is 1.67. The summed E-state index contributed by atoms with van der Waals surface area (Å²) in [4.78, 5) is 30.7. The van der Waals surface area contributed by atoms with E-state index in [1.807, 2.05) is 45.0 Å². The topological polar surface area (TPSA) is 61.8 Å². The molecule has 0 radical (unpaired) electrons. The van der Waals surface area contributed by atoms with Crippen LogP contribution < -0.4 is 5.32 Å². The highest BCUT2D eigenvalue weighted by Gasteiger charge is 2.43. The van der Waals surface area contributed by atoms with Gasteiger partial charge in [-0.25, -0.2) is 0 Å². The molecule has 2 rings (SSSR count). The number of anilines is 1. The number of nitrogens with one attached hydrogen (secondary N) is 1. The molecule has 5 nitrogen and oxygen atoms in total. The SMILES string of the molecule is CN=C1S[C@@H](CC(=O)Nc2ccc(Br)cc2)C(=O)N1C(C)(C)C. The molecule has 1 heterocycles. The van der Waals surface area contributed by atoms with E-state index >= 15 is 0 Å². The van der Waals surface area contributed by atoms with Gasteiger partial charge in [-0.1, -0.05) is 27.7 Å². The summed E-state index contributed by atoms with van der Waals surface area (Å²) in [5, 5.41) is 3.06. The van der Waals surface area contributed by atoms with Crippen molar-refractivity contribution in [3.05, 3.63) is 28.7 Å². The summed E-state index contributed by atoms with van der Waals surface area (Å²) in [5.41, 5.74) is 0.362. The Morgan fingerprint density at radius 2 is 1.96 bits per heavy atom. The normalized spacial score (nSPS) is 20.2. The Morgan fingerprint density at radius 3 is 2.43 bits per heavy atom. The van der Waals surface area contributed by atoms with Gasteiger partial charge in [0.15, 0.2) is 5.17 Å². The number of amidine groups is 1. The Labute approximate surface area is 149 Å². The number of halogens is 1. The van der Waals surface area contributed by atoms with E-state index in [0.29, 0.717) is 10.9 Å². The number of amides is 2. The van der Waals surface area contributed by atoms with Crippen molar-refractivity contribution in [1.82, 2.24) is 4.90 Å². The van der Waals surface area contributed by atoms with Crippen molar-refractivity contribution in [1.29, 1.82) is 0 Å². The molecule has 1 saturated heterocycles. The lowest BCUT2D eigenvalue weighted by Crippen LogP contribution is -2.46. The average molecular weight is 398 g/mol. The quantitative estimate of drug-likeness (QED) is 0.848. The Kier molecular flexibility index (Phi) is 5.52. The van der Waals surface area contributed by atoms with Crippen molar-refractivity contribution < 1.29 is 9.59 Å². The van der Waals surface area contributed by atoms with Crippen molar-refractivity contribution in [2.24, 2.45) is 4.99 Å². The number of carbonyl (C=O) groups excluding carboxylic acids is 2. The highest BCUT2D eigenvalue weighted by atomic mass is 79.9. The maximum Gasteiger partial charge on any atom is 0.243 e. The fourth-order valence-corrected chi connectivity index (χ4v) is 3.82. The lowest BCUT2D eigenvalue weighted by Gasteiger charge is -2.31. The molecule has 0 bridgehead atoms. The fraction of sp³-hybridized carbons (Fsp3) is 0.438. The van der Waals surface area contributed by atoms with Gasteiger partial charge >= 0.3 is 0 Å². The van der Waals surface area contributed by atoms with Gasteiger partial charge in [-0.15, -0.1) is 0 Å². The zero-order valence-corrected chi connectivity index (χ0v) is 16.0. The van der Waals surface area contributed by atoms with E-state index in [-0.39, 0.29) is 23.8 Å². The van der Waals surface area contributed by atoms with Crippen LogP contribution in [0.5, 0.6) is 0 Å². The molecule has 0 spiro atoms. The third kappa shape index (κ3) is 4.35. The fourth-order valence-electron chi connectivity index (χ4n) is 2.28. The maximum atomic E-state index is 12.6. The van der Waals surface area contributed by atoms with Crippen LogP contribution in [-0.2, 0) is 9.59 Å². The van der Waals surface area contributed by atoms with Crippen LogP contribution in [0.15, 0.2) is 33.7 Å². The minimum Gasteiger partial charge on any atom is -0.326 e. The first-order chi connectivity index (χ1) is 10.7. The number of rotatable bonds is 3. The summed E-state index contributed by atoms with van der Waals surface area (Å²) in [6.45, 7) is 5.88. The summed E-state index contributed by atoms with van der Waals surface area (Å²) in [6.07, 6.45) is 0.130. The van der Waals surface area contributed by atoms with Gasteiger partial charge in [-0.2, -0.15) is 0 Å². The van der Waals surface area contributed by atoms with Crippen molar-refractivity contribution in [3.63, 3.8) is 0 Å². The molecular weight excluding hydrogens is 378 g/mol. The Morgan fingerprint density at radius 1 is 1.35 bits per heavy atom. The molecular formula is C16H20BrN3O2S. The third-order valence-corrected chi connectivity index (χ3v) is 5.05. The molecule has 1 aliphatic rings. The molecule has 1 N–H and O–H groups in total. The summed E-state index contributed by atoms with van der Waals surface area (Å²) >= 11 is 4.70. The zero-order valence-electron chi connectivity index (χ0n) is 13.6. The van der Waals surface area contributed by atoms with Crippen LogP contribution >= 0.6 is 27.7 Å². The standard InChI is InChI=1S/C16H20BrN3O2S/c1-16(2,3)20-14(22)12(23-15(20)18-4)9-13(21)19-11-7-5-10(17)6-8-11/h5-8,12H,9H2,1-4H3,(H,19,21)/t12-/m0/s1. The third-order valence-electron chi connectivity index (χ3n) is 3.30. The Hall–Kier alpha value is -1.34. The second kappa shape index (κ2) is 7.05. The number of hydrogen-bond acceptors (Lipinski definition) is 4. The summed E-state index contributed by atoms with van der Waals surface area (Å²) in [6, 6.07) is 7.33. The van der Waals surface area contributed by atoms with Crippen molar-refractivity contribution in [2.45, 2.75) is 38.0 Å². The van der Waals surface area contributed by atoms with Crippen molar-refractivity contribution in [3.8, 4) is 0 Å². The minimum atomic E-state index is -0.427. The molecule has 23 heavy (non-hydrogen) atoms. The van der Waals surface area contributed by atoms with Crippen LogP contribution in [-0.4, -0.2) is 39.7 Å². The van der Waals surface area contributed by atoms with E-state index in [1.54, 1.807) is 11.9 Å². The smallest absolute Gasteiger partial charge is 0.243 e. The van der Waals surface area contributed by atoms with Crippen LogP contribution in [0.1, 0.15) is 27.2 Å². The van der Waals surface area contributed by atoms with E-state index in [1.165, 1.54) is 11.8 Å². The highest BCUT2D eigenvalue weighted by Crippen LogP contribution is 2.34. The largest absolute Gasteiger partial charge is 0.326 e. The number of benzene rings is 1. The molecule has 1 atom stereocenters. The van der Waals surface area contributed by atoms with Gasteiger partial charge < -0.3 is 5.32 Å². The molecule has 0 aliphatic carbocycles. The van der Waals surface area contributed by atoms with Gasteiger partial charge in [-0.3, -0.25) is 19.5 Å². The van der Waals surface area contributed by atoms with E-state index in [4.69, 9.17) is 0 Å². The molecule has 7 heteroatoms. The first-order valence-corrected chi connectivity index (χ1v) is 8.92. The van der Waals surface area contributed by atoms with E-state index < -0.39 is 5.25 Å². The maximum absolute atomic E-state index is 12.6. The van der Waals surface area contributed by atoms with Gasteiger partial charge in [0.05, 0.1) is 0 Å². The van der Waals surface area contributed by atoms with E-state index in [9.17, 15) is 9.59 Å². The predicted octanol–water partition coefficient (Wildman–Crippen LogP) is 3.51. The van der Waals surface area contributed by atoms with E-state index in [0.717, 1.165) is 4.47 Å². The lowest BCUT2D eigenvalue weighted by atomic mass is 10.1. The number of aliphatic imine (C=N–C) groups is 1. The van der Waals surface area contributed by atoms with Gasteiger partial charge in [-0.05, 0) is 45.0 Å². The monoisotopic (exact) mass is 397 g/mol. The Balaban J connectivity index is 2.04. The van der Waals surface area contributed by atoms with Gasteiger partial charge in [0.25, 0.3) is 0 Å². The molecule has 2 amide bonds. The predicted molar refractivity (Wildman–Crippen MR) is 98.7 cm³/mol. The summed E-state index contributed by atoms with van der Waals surface area (Å²) < 4.78 is 0.946. The zero-order chi connectivity index (χ0) is 17.2. The first-order valence-electron chi connectivity index (χ1n) is 7.25.